The molecule has 1 amide bonds. The summed E-state index contributed by atoms with van der Waals surface area (Å²) < 4.78 is 2.81. The zero-order valence-electron chi connectivity index (χ0n) is 12.0. The van der Waals surface area contributed by atoms with Crippen LogP contribution in [-0.4, -0.2) is 36.2 Å². The first-order chi connectivity index (χ1) is 10.0. The summed E-state index contributed by atoms with van der Waals surface area (Å²) in [6.45, 7) is 0. The fraction of sp³-hybridized carbons (Fsp3) is 0.357. The van der Waals surface area contributed by atoms with E-state index in [0.29, 0.717) is 22.8 Å². The van der Waals surface area contributed by atoms with Gasteiger partial charge in [0.2, 0.25) is 5.91 Å². The molecule has 0 aliphatic carbocycles. The molecular formula is C14H16BN3O3. The van der Waals surface area contributed by atoms with Gasteiger partial charge in [-0.2, -0.15) is 0 Å². The lowest BCUT2D eigenvalue weighted by Crippen LogP contribution is -2.28. The fourth-order valence-electron chi connectivity index (χ4n) is 2.45. The van der Waals surface area contributed by atoms with Crippen molar-refractivity contribution in [2.24, 2.45) is 7.05 Å². The van der Waals surface area contributed by atoms with Crippen LogP contribution in [-0.2, 0) is 16.6 Å². The number of hydrogen-bond acceptors (Lipinski definition) is 3. The number of amides is 1. The van der Waals surface area contributed by atoms with Crippen LogP contribution < -0.4 is 16.5 Å². The van der Waals surface area contributed by atoms with Gasteiger partial charge in [-0.25, -0.2) is 4.79 Å². The molecule has 1 N–H and O–H groups in total. The highest BCUT2D eigenvalue weighted by Gasteiger charge is 2.20. The van der Waals surface area contributed by atoms with Gasteiger partial charge in [-0.1, -0.05) is 17.6 Å². The molecule has 1 aromatic carbocycles. The number of aromatic nitrogens is 2. The number of nitrogens with one attached hydrogen (secondary N) is 1. The van der Waals surface area contributed by atoms with E-state index in [2.05, 4.69) is 5.32 Å². The van der Waals surface area contributed by atoms with Crippen molar-refractivity contribution in [1.29, 1.82) is 0 Å². The van der Waals surface area contributed by atoms with Gasteiger partial charge in [0, 0.05) is 20.5 Å². The van der Waals surface area contributed by atoms with Crippen LogP contribution in [0.1, 0.15) is 18.9 Å². The van der Waals surface area contributed by atoms with Gasteiger partial charge in [0.25, 0.3) is 0 Å². The maximum absolute atomic E-state index is 12.4. The predicted molar refractivity (Wildman–Crippen MR) is 81.0 cm³/mol. The largest absolute Gasteiger partial charge is 0.359 e. The number of imidazole rings is 1. The summed E-state index contributed by atoms with van der Waals surface area (Å²) in [5, 5.41) is 2.49. The van der Waals surface area contributed by atoms with E-state index in [4.69, 9.17) is 7.85 Å². The van der Waals surface area contributed by atoms with Crippen LogP contribution in [0.2, 0.25) is 0 Å². The van der Waals surface area contributed by atoms with Gasteiger partial charge in [0.15, 0.2) is 0 Å². The molecule has 0 saturated heterocycles. The number of nitrogens with zero attached hydrogens (tertiary/aromatic N) is 2. The average molecular weight is 285 g/mol. The standard InChI is InChI=1S/C14H16BN3O3/c1-16-12(20)7-6-9(8-19)18-11-5-3-4-10(15)13(11)17(2)14(18)21/h3-5,8-9H,6-7H2,1-2H3,(H,16,20). The monoisotopic (exact) mass is 285 g/mol. The molecular weight excluding hydrogens is 269 g/mol. The molecule has 2 radical (unpaired) electrons. The lowest BCUT2D eigenvalue weighted by atomic mass is 9.94. The number of fused-ring (bicyclic) bond motifs is 1. The Morgan fingerprint density at radius 1 is 1.48 bits per heavy atom. The Morgan fingerprint density at radius 2 is 2.19 bits per heavy atom. The van der Waals surface area contributed by atoms with Crippen molar-refractivity contribution >= 4 is 36.5 Å². The molecule has 0 saturated carbocycles. The van der Waals surface area contributed by atoms with Crippen LogP contribution in [0.15, 0.2) is 23.0 Å². The maximum Gasteiger partial charge on any atom is 0.329 e. The second-order valence-corrected chi connectivity index (χ2v) is 4.84. The van der Waals surface area contributed by atoms with Gasteiger partial charge in [0.05, 0.1) is 17.1 Å². The highest BCUT2D eigenvalue weighted by atomic mass is 16.2. The molecule has 1 heterocycles. The Bertz CT molecular complexity index is 748. The van der Waals surface area contributed by atoms with E-state index in [1.54, 1.807) is 25.2 Å². The Kier molecular flexibility index (Phi) is 4.30. The number of benzene rings is 1. The molecule has 2 aromatic rings. The summed E-state index contributed by atoms with van der Waals surface area (Å²) >= 11 is 0. The van der Waals surface area contributed by atoms with E-state index in [9.17, 15) is 14.4 Å². The summed E-state index contributed by atoms with van der Waals surface area (Å²) in [5.74, 6) is -0.172. The third-order valence-corrected chi connectivity index (χ3v) is 3.57. The van der Waals surface area contributed by atoms with E-state index in [0.717, 1.165) is 0 Å². The molecule has 0 aliphatic rings. The number of carbonyl (C=O) groups excluding carboxylic acids is 2. The van der Waals surface area contributed by atoms with Crippen LogP contribution in [0.5, 0.6) is 0 Å². The molecule has 7 heteroatoms. The van der Waals surface area contributed by atoms with E-state index < -0.39 is 6.04 Å². The summed E-state index contributed by atoms with van der Waals surface area (Å²) in [6.07, 6.45) is 1.12. The maximum atomic E-state index is 12.4. The normalized spacial score (nSPS) is 12.3. The molecule has 0 fully saturated rings. The fourth-order valence-corrected chi connectivity index (χ4v) is 2.45. The minimum Gasteiger partial charge on any atom is -0.359 e. The van der Waals surface area contributed by atoms with Gasteiger partial charge in [-0.15, -0.1) is 0 Å². The molecule has 1 atom stereocenters. The van der Waals surface area contributed by atoms with Crippen LogP contribution >= 0.6 is 0 Å². The molecule has 108 valence electrons. The number of hydrogen-bond donors (Lipinski definition) is 1. The van der Waals surface area contributed by atoms with Gasteiger partial charge in [-0.3, -0.25) is 13.9 Å². The minimum atomic E-state index is -0.694. The quantitative estimate of drug-likeness (QED) is 0.589. The SMILES string of the molecule is [B]c1cccc2c1n(C)c(=O)n2C(C=O)CCC(=O)NC. The van der Waals surface area contributed by atoms with E-state index in [1.807, 2.05) is 0 Å². The van der Waals surface area contributed by atoms with Crippen molar-refractivity contribution in [3.63, 3.8) is 0 Å². The third-order valence-electron chi connectivity index (χ3n) is 3.57. The Morgan fingerprint density at radius 3 is 2.81 bits per heavy atom. The molecule has 0 bridgehead atoms. The van der Waals surface area contributed by atoms with E-state index in [1.165, 1.54) is 16.2 Å². The van der Waals surface area contributed by atoms with Gasteiger partial charge >= 0.3 is 5.69 Å². The van der Waals surface area contributed by atoms with Crippen molar-refractivity contribution in [2.75, 3.05) is 7.05 Å². The first-order valence-electron chi connectivity index (χ1n) is 6.62. The van der Waals surface area contributed by atoms with Crippen molar-refractivity contribution in [1.82, 2.24) is 14.5 Å². The molecule has 21 heavy (non-hydrogen) atoms. The number of para-hydroxylation sites is 1. The van der Waals surface area contributed by atoms with E-state index in [-0.39, 0.29) is 24.4 Å². The first-order valence-corrected chi connectivity index (χ1v) is 6.62. The number of aryl methyl sites for hydroxylation is 1. The Labute approximate surface area is 123 Å². The van der Waals surface area contributed by atoms with Gasteiger partial charge in [0.1, 0.15) is 14.1 Å². The van der Waals surface area contributed by atoms with Crippen LogP contribution in [0.4, 0.5) is 0 Å². The molecule has 1 unspecified atom stereocenters. The minimum absolute atomic E-state index is 0.172. The molecule has 0 aliphatic heterocycles. The summed E-state index contributed by atoms with van der Waals surface area (Å²) in [5.41, 5.74) is 1.34. The van der Waals surface area contributed by atoms with Crippen molar-refractivity contribution in [3.8, 4) is 0 Å². The first kappa shape index (κ1) is 15.1. The Balaban J connectivity index is 2.52. The smallest absolute Gasteiger partial charge is 0.329 e. The van der Waals surface area contributed by atoms with Crippen molar-refractivity contribution < 1.29 is 9.59 Å². The molecule has 1 aromatic heterocycles. The highest BCUT2D eigenvalue weighted by molar-refractivity contribution is 6.38. The number of carbonyl (C=O) groups is 2. The summed E-state index contributed by atoms with van der Waals surface area (Å²) in [7, 11) is 9.04. The van der Waals surface area contributed by atoms with Crippen LogP contribution in [0.25, 0.3) is 11.0 Å². The summed E-state index contributed by atoms with van der Waals surface area (Å²) in [4.78, 5) is 35.1. The van der Waals surface area contributed by atoms with Crippen LogP contribution in [0, 0.1) is 0 Å². The second-order valence-electron chi connectivity index (χ2n) is 4.84. The van der Waals surface area contributed by atoms with Gasteiger partial charge < -0.3 is 10.1 Å². The zero-order valence-corrected chi connectivity index (χ0v) is 12.0. The Hall–Kier alpha value is -2.31. The van der Waals surface area contributed by atoms with Gasteiger partial charge in [-0.05, 0) is 12.5 Å². The van der Waals surface area contributed by atoms with E-state index >= 15 is 0 Å². The zero-order chi connectivity index (χ0) is 15.6. The van der Waals surface area contributed by atoms with Crippen LogP contribution in [0.3, 0.4) is 0 Å². The predicted octanol–water partition coefficient (Wildman–Crippen LogP) is -0.600. The highest BCUT2D eigenvalue weighted by Crippen LogP contribution is 2.17. The lowest BCUT2D eigenvalue weighted by Gasteiger charge is -2.12. The number of rotatable bonds is 5. The second kappa shape index (κ2) is 5.99. The number of aldehydes is 1. The molecule has 6 nitrogen and oxygen atoms in total. The average Bonchev–Trinajstić information content (AvgIpc) is 2.73. The third kappa shape index (κ3) is 2.63. The van der Waals surface area contributed by atoms with Crippen molar-refractivity contribution in [3.05, 3.63) is 28.7 Å². The summed E-state index contributed by atoms with van der Waals surface area (Å²) in [6, 6.07) is 4.48. The van der Waals surface area contributed by atoms with Crippen molar-refractivity contribution in [2.45, 2.75) is 18.9 Å². The molecule has 0 spiro atoms. The lowest BCUT2D eigenvalue weighted by molar-refractivity contribution is -0.121. The topological polar surface area (TPSA) is 73.1 Å². The molecule has 2 rings (SSSR count).